The maximum atomic E-state index is 10.9. The van der Waals surface area contributed by atoms with Crippen molar-refractivity contribution in [1.29, 1.82) is 0 Å². The number of rotatable bonds is 4. The molecule has 16 heavy (non-hydrogen) atoms. The minimum atomic E-state index is -0.330. The summed E-state index contributed by atoms with van der Waals surface area (Å²) >= 11 is 0. The first-order valence-corrected chi connectivity index (χ1v) is 5.38. The molecule has 2 N–H and O–H groups in total. The molecule has 1 aromatic carbocycles. The van der Waals surface area contributed by atoms with E-state index < -0.39 is 0 Å². The first-order chi connectivity index (χ1) is 7.68. The molecule has 1 atom stereocenters. The Morgan fingerprint density at radius 2 is 2.19 bits per heavy atom. The molecule has 0 spiro atoms. The lowest BCUT2D eigenvalue weighted by Gasteiger charge is -2.21. The molecular weight excluding hydrogens is 204 g/mol. The van der Waals surface area contributed by atoms with Crippen LogP contribution >= 0.6 is 0 Å². The van der Waals surface area contributed by atoms with Crippen molar-refractivity contribution in [2.75, 3.05) is 13.2 Å². The van der Waals surface area contributed by atoms with E-state index in [4.69, 9.17) is 4.74 Å². The van der Waals surface area contributed by atoms with Gasteiger partial charge in [-0.05, 0) is 12.5 Å². The van der Waals surface area contributed by atoms with Gasteiger partial charge in [0.25, 0.3) is 0 Å². The highest BCUT2D eigenvalue weighted by atomic mass is 16.6. The summed E-state index contributed by atoms with van der Waals surface area (Å²) in [4.78, 5) is 10.9. The average Bonchev–Trinajstić information content (AvgIpc) is 2.60. The molecule has 1 fully saturated rings. The summed E-state index contributed by atoms with van der Waals surface area (Å²) < 4.78 is 4.88. The highest BCUT2D eigenvalue weighted by molar-refractivity contribution is 5.70. The van der Waals surface area contributed by atoms with Crippen molar-refractivity contribution >= 4 is 6.09 Å². The Bertz CT molecular complexity index is 367. The van der Waals surface area contributed by atoms with Crippen LogP contribution in [-0.2, 0) is 11.3 Å². The summed E-state index contributed by atoms with van der Waals surface area (Å²) in [6.45, 7) is 3.89. The van der Waals surface area contributed by atoms with Crippen LogP contribution in [-0.4, -0.2) is 24.8 Å². The van der Waals surface area contributed by atoms with Gasteiger partial charge >= 0.3 is 6.09 Å². The average molecular weight is 220 g/mol. The predicted molar refractivity (Wildman–Crippen MR) is 61.0 cm³/mol. The van der Waals surface area contributed by atoms with E-state index in [1.165, 1.54) is 5.56 Å². The fourth-order valence-corrected chi connectivity index (χ4v) is 1.72. The molecule has 1 amide bonds. The zero-order chi connectivity index (χ0) is 11.4. The van der Waals surface area contributed by atoms with Crippen LogP contribution in [0.25, 0.3) is 0 Å². The molecule has 1 aliphatic rings. The molecular formula is C12H16N2O2. The summed E-state index contributed by atoms with van der Waals surface area (Å²) in [5, 5.41) is 6.10. The summed E-state index contributed by atoms with van der Waals surface area (Å²) in [7, 11) is 0. The van der Waals surface area contributed by atoms with Gasteiger partial charge in [-0.15, -0.1) is 0 Å². The number of hydrogen-bond acceptors (Lipinski definition) is 3. The largest absolute Gasteiger partial charge is 0.447 e. The van der Waals surface area contributed by atoms with E-state index >= 15 is 0 Å². The van der Waals surface area contributed by atoms with Crippen LogP contribution in [0.15, 0.2) is 30.3 Å². The molecule has 0 aromatic heterocycles. The number of hydrogen-bond donors (Lipinski definition) is 2. The van der Waals surface area contributed by atoms with Gasteiger partial charge in [0.05, 0.1) is 5.54 Å². The van der Waals surface area contributed by atoms with Crippen LogP contribution in [0.4, 0.5) is 4.79 Å². The second kappa shape index (κ2) is 4.53. The lowest BCUT2D eigenvalue weighted by molar-refractivity contribution is 0.173. The Balaban J connectivity index is 1.78. The Kier molecular flexibility index (Phi) is 3.10. The smallest absolute Gasteiger partial charge is 0.407 e. The molecule has 0 aliphatic carbocycles. The summed E-state index contributed by atoms with van der Waals surface area (Å²) in [6.07, 6.45) is -0.330. The highest BCUT2D eigenvalue weighted by Gasteiger charge is 2.34. The van der Waals surface area contributed by atoms with Crippen LogP contribution in [0.3, 0.4) is 0 Å². The molecule has 0 radical (unpaired) electrons. The Labute approximate surface area is 95.0 Å². The highest BCUT2D eigenvalue weighted by Crippen LogP contribution is 2.10. The van der Waals surface area contributed by atoms with Crippen LogP contribution < -0.4 is 10.6 Å². The van der Waals surface area contributed by atoms with E-state index in [0.717, 1.165) is 6.54 Å². The number of amides is 1. The van der Waals surface area contributed by atoms with Crippen LogP contribution in [0.1, 0.15) is 12.5 Å². The Hall–Kier alpha value is -1.55. The second-order valence-corrected chi connectivity index (χ2v) is 4.35. The third kappa shape index (κ3) is 2.73. The summed E-state index contributed by atoms with van der Waals surface area (Å²) in [5.74, 6) is 0. The molecule has 1 aromatic rings. The Morgan fingerprint density at radius 3 is 2.81 bits per heavy atom. The molecule has 0 unspecified atom stereocenters. The van der Waals surface area contributed by atoms with Crippen molar-refractivity contribution in [2.24, 2.45) is 0 Å². The quantitative estimate of drug-likeness (QED) is 0.803. The van der Waals surface area contributed by atoms with E-state index in [2.05, 4.69) is 22.8 Å². The first-order valence-electron chi connectivity index (χ1n) is 5.38. The molecule has 86 valence electrons. The van der Waals surface area contributed by atoms with Crippen molar-refractivity contribution in [3.8, 4) is 0 Å². The summed E-state index contributed by atoms with van der Waals surface area (Å²) in [5.41, 5.74) is 0.947. The number of ether oxygens (including phenoxy) is 1. The van der Waals surface area contributed by atoms with E-state index in [9.17, 15) is 4.79 Å². The van der Waals surface area contributed by atoms with Gasteiger partial charge in [0.1, 0.15) is 6.61 Å². The number of benzene rings is 1. The lowest BCUT2D eigenvalue weighted by Crippen LogP contribution is -2.48. The SMILES string of the molecule is C[C@@]1(CNCc2ccccc2)COC(=O)N1. The van der Waals surface area contributed by atoms with Gasteiger partial charge in [0, 0.05) is 13.1 Å². The zero-order valence-corrected chi connectivity index (χ0v) is 9.32. The van der Waals surface area contributed by atoms with Gasteiger partial charge in [-0.3, -0.25) is 0 Å². The molecule has 1 saturated heterocycles. The fourth-order valence-electron chi connectivity index (χ4n) is 1.72. The predicted octanol–water partition coefficient (Wildman–Crippen LogP) is 1.27. The lowest BCUT2D eigenvalue weighted by atomic mass is 10.1. The van der Waals surface area contributed by atoms with Gasteiger partial charge in [0.15, 0.2) is 0 Å². The minimum Gasteiger partial charge on any atom is -0.447 e. The standard InChI is InChI=1S/C12H16N2O2/c1-12(9-16-11(15)14-12)8-13-7-10-5-3-2-4-6-10/h2-6,13H,7-9H2,1H3,(H,14,15)/t12-/m1/s1. The van der Waals surface area contributed by atoms with Crippen LogP contribution in [0.2, 0.25) is 0 Å². The molecule has 2 rings (SSSR count). The maximum Gasteiger partial charge on any atom is 0.407 e. The fraction of sp³-hybridized carbons (Fsp3) is 0.417. The topological polar surface area (TPSA) is 50.4 Å². The van der Waals surface area contributed by atoms with Crippen molar-refractivity contribution < 1.29 is 9.53 Å². The second-order valence-electron chi connectivity index (χ2n) is 4.35. The monoisotopic (exact) mass is 220 g/mol. The molecule has 4 heteroatoms. The normalized spacial score (nSPS) is 23.9. The van der Waals surface area contributed by atoms with Gasteiger partial charge in [-0.1, -0.05) is 30.3 Å². The third-order valence-corrected chi connectivity index (χ3v) is 2.61. The van der Waals surface area contributed by atoms with E-state index in [0.29, 0.717) is 13.2 Å². The van der Waals surface area contributed by atoms with Crippen molar-refractivity contribution in [1.82, 2.24) is 10.6 Å². The number of cyclic esters (lactones) is 1. The molecule has 1 heterocycles. The number of carbonyl (C=O) groups is 1. The third-order valence-electron chi connectivity index (χ3n) is 2.61. The van der Waals surface area contributed by atoms with Crippen molar-refractivity contribution in [3.05, 3.63) is 35.9 Å². The van der Waals surface area contributed by atoms with E-state index in [-0.39, 0.29) is 11.6 Å². The Morgan fingerprint density at radius 1 is 1.44 bits per heavy atom. The zero-order valence-electron chi connectivity index (χ0n) is 9.32. The number of nitrogens with one attached hydrogen (secondary N) is 2. The molecule has 4 nitrogen and oxygen atoms in total. The van der Waals surface area contributed by atoms with Gasteiger partial charge < -0.3 is 15.4 Å². The molecule has 0 saturated carbocycles. The van der Waals surface area contributed by atoms with E-state index in [1.54, 1.807) is 0 Å². The van der Waals surface area contributed by atoms with Crippen LogP contribution in [0.5, 0.6) is 0 Å². The van der Waals surface area contributed by atoms with Gasteiger partial charge in [0.2, 0.25) is 0 Å². The van der Waals surface area contributed by atoms with Crippen molar-refractivity contribution in [3.63, 3.8) is 0 Å². The molecule has 0 bridgehead atoms. The maximum absolute atomic E-state index is 10.9. The minimum absolute atomic E-state index is 0.286. The van der Waals surface area contributed by atoms with Crippen molar-refractivity contribution in [2.45, 2.75) is 19.0 Å². The molecule has 1 aliphatic heterocycles. The number of alkyl carbamates (subject to hydrolysis) is 1. The van der Waals surface area contributed by atoms with Crippen LogP contribution in [0, 0.1) is 0 Å². The number of carbonyl (C=O) groups excluding carboxylic acids is 1. The van der Waals surface area contributed by atoms with Gasteiger partial charge in [-0.2, -0.15) is 0 Å². The van der Waals surface area contributed by atoms with Gasteiger partial charge in [-0.25, -0.2) is 4.79 Å². The van der Waals surface area contributed by atoms with E-state index in [1.807, 2.05) is 25.1 Å². The summed E-state index contributed by atoms with van der Waals surface area (Å²) in [6, 6.07) is 10.2. The first kappa shape index (κ1) is 11.0.